The predicted molar refractivity (Wildman–Crippen MR) is 113 cm³/mol. The molecule has 0 fully saturated rings. The normalized spacial score (nSPS) is 10.9. The van der Waals surface area contributed by atoms with Crippen molar-refractivity contribution in [1.29, 1.82) is 0 Å². The van der Waals surface area contributed by atoms with Gasteiger partial charge in [0, 0.05) is 17.7 Å². The van der Waals surface area contributed by atoms with Crippen LogP contribution in [0.3, 0.4) is 0 Å². The Balaban J connectivity index is 1.58. The molecule has 0 aliphatic carbocycles. The molecule has 0 aliphatic rings. The van der Waals surface area contributed by atoms with E-state index in [9.17, 15) is 14.0 Å². The molecule has 0 unspecified atom stereocenters. The van der Waals surface area contributed by atoms with Gasteiger partial charge in [0.15, 0.2) is 0 Å². The third kappa shape index (κ3) is 4.28. The Labute approximate surface area is 177 Å². The summed E-state index contributed by atoms with van der Waals surface area (Å²) in [5.74, 6) is -1.17. The number of carbonyl (C=O) groups is 2. The first-order valence-corrected chi connectivity index (χ1v) is 9.62. The van der Waals surface area contributed by atoms with Crippen LogP contribution >= 0.6 is 0 Å². The minimum Gasteiger partial charge on any atom is -0.366 e. The van der Waals surface area contributed by atoms with Gasteiger partial charge in [-0.25, -0.2) is 9.37 Å². The number of halogens is 1. The van der Waals surface area contributed by atoms with Gasteiger partial charge in [0.25, 0.3) is 11.6 Å². The van der Waals surface area contributed by atoms with Crippen molar-refractivity contribution in [3.05, 3.63) is 82.8 Å². The molecule has 3 N–H and O–H groups in total. The summed E-state index contributed by atoms with van der Waals surface area (Å²) >= 11 is 0. The minimum absolute atomic E-state index is 0.235. The molecule has 2 aromatic carbocycles. The first-order valence-electron chi connectivity index (χ1n) is 9.62. The molecule has 31 heavy (non-hydrogen) atoms. The van der Waals surface area contributed by atoms with Crippen molar-refractivity contribution in [2.75, 3.05) is 6.54 Å². The quantitative estimate of drug-likeness (QED) is 0.498. The van der Waals surface area contributed by atoms with E-state index in [0.29, 0.717) is 46.4 Å². The van der Waals surface area contributed by atoms with Crippen LogP contribution in [0.1, 0.15) is 32.0 Å². The molecular weight excluding hydrogens is 399 g/mol. The summed E-state index contributed by atoms with van der Waals surface area (Å²) in [5.41, 5.74) is 8.89. The first kappa shape index (κ1) is 20.2. The number of nitrogens with two attached hydrogens (primary N) is 1. The molecule has 4 aromatic rings. The van der Waals surface area contributed by atoms with Crippen LogP contribution in [0.2, 0.25) is 0 Å². The molecule has 2 aromatic heterocycles. The van der Waals surface area contributed by atoms with E-state index in [-0.39, 0.29) is 17.4 Å². The zero-order valence-electron chi connectivity index (χ0n) is 16.7. The lowest BCUT2D eigenvalue weighted by Crippen LogP contribution is -2.26. The highest BCUT2D eigenvalue weighted by molar-refractivity contribution is 6.07. The topological polar surface area (TPSA) is 111 Å². The highest BCUT2D eigenvalue weighted by atomic mass is 19.1. The fraction of sp³-hybridized carbons (Fsp3) is 0.130. The van der Waals surface area contributed by atoms with Gasteiger partial charge in [-0.15, -0.1) is 0 Å². The third-order valence-electron chi connectivity index (χ3n) is 4.91. The number of aryl methyl sites for hydroxylation is 1. The lowest BCUT2D eigenvalue weighted by atomic mass is 10.0. The summed E-state index contributed by atoms with van der Waals surface area (Å²) < 4.78 is 18.6. The van der Waals surface area contributed by atoms with Gasteiger partial charge >= 0.3 is 0 Å². The molecule has 4 rings (SSSR count). The SMILES string of the molecule is Cc1noc2nc(-c3ccc(F)cc3)cc(C(=O)NCCc3cccc(C(N)=O)c3)c12. The van der Waals surface area contributed by atoms with Crippen LogP contribution in [0.25, 0.3) is 22.4 Å². The number of amides is 2. The number of carbonyl (C=O) groups excluding carboxylic acids is 2. The van der Waals surface area contributed by atoms with Crippen molar-refractivity contribution in [1.82, 2.24) is 15.5 Å². The summed E-state index contributed by atoms with van der Waals surface area (Å²) in [5, 5.41) is 7.33. The maximum atomic E-state index is 13.3. The number of nitrogens with one attached hydrogen (secondary N) is 1. The maximum Gasteiger partial charge on any atom is 0.259 e. The Hall–Kier alpha value is -4.07. The standard InChI is InChI=1S/C23H19FN4O3/c1-13-20-18(22(30)26-10-9-14-3-2-4-16(11-14)21(25)29)12-19(27-23(20)31-28-13)15-5-7-17(24)8-6-15/h2-8,11-12H,9-10H2,1H3,(H2,25,29)(H,26,30). The van der Waals surface area contributed by atoms with E-state index in [2.05, 4.69) is 15.5 Å². The van der Waals surface area contributed by atoms with Crippen molar-refractivity contribution < 1.29 is 18.5 Å². The van der Waals surface area contributed by atoms with Gasteiger partial charge in [-0.2, -0.15) is 0 Å². The van der Waals surface area contributed by atoms with Crippen LogP contribution < -0.4 is 11.1 Å². The molecule has 0 saturated carbocycles. The van der Waals surface area contributed by atoms with Gasteiger partial charge in [-0.3, -0.25) is 9.59 Å². The highest BCUT2D eigenvalue weighted by Gasteiger charge is 2.19. The van der Waals surface area contributed by atoms with E-state index in [1.165, 1.54) is 12.1 Å². The molecule has 0 atom stereocenters. The molecule has 0 saturated heterocycles. The molecule has 8 heteroatoms. The van der Waals surface area contributed by atoms with E-state index >= 15 is 0 Å². The second-order valence-electron chi connectivity index (χ2n) is 7.08. The van der Waals surface area contributed by atoms with E-state index in [0.717, 1.165) is 5.56 Å². The van der Waals surface area contributed by atoms with Crippen molar-refractivity contribution in [3.63, 3.8) is 0 Å². The highest BCUT2D eigenvalue weighted by Crippen LogP contribution is 2.27. The van der Waals surface area contributed by atoms with Crippen LogP contribution in [0, 0.1) is 12.7 Å². The van der Waals surface area contributed by atoms with Gasteiger partial charge in [-0.1, -0.05) is 17.3 Å². The Morgan fingerprint density at radius 1 is 1.13 bits per heavy atom. The molecule has 0 spiro atoms. The van der Waals surface area contributed by atoms with Gasteiger partial charge in [0.1, 0.15) is 5.82 Å². The lowest BCUT2D eigenvalue weighted by Gasteiger charge is -2.09. The van der Waals surface area contributed by atoms with E-state index in [1.807, 2.05) is 6.07 Å². The first-order chi connectivity index (χ1) is 14.9. The minimum atomic E-state index is -0.499. The molecular formula is C23H19FN4O3. The molecule has 0 radical (unpaired) electrons. The number of fused-ring (bicyclic) bond motifs is 1. The van der Waals surface area contributed by atoms with Gasteiger partial charge in [-0.05, 0) is 61.4 Å². The zero-order valence-corrected chi connectivity index (χ0v) is 16.7. The smallest absolute Gasteiger partial charge is 0.259 e. The Kier molecular flexibility index (Phi) is 5.44. The van der Waals surface area contributed by atoms with Crippen LogP contribution in [-0.2, 0) is 6.42 Å². The Morgan fingerprint density at radius 2 is 1.90 bits per heavy atom. The van der Waals surface area contributed by atoms with E-state index in [4.69, 9.17) is 10.3 Å². The summed E-state index contributed by atoms with van der Waals surface area (Å²) in [6.07, 6.45) is 0.522. The number of rotatable bonds is 6. The van der Waals surface area contributed by atoms with Gasteiger partial charge in [0.05, 0.1) is 22.3 Å². The molecule has 7 nitrogen and oxygen atoms in total. The number of pyridine rings is 1. The third-order valence-corrected chi connectivity index (χ3v) is 4.91. The molecule has 2 heterocycles. The number of hydrogen-bond acceptors (Lipinski definition) is 5. The summed E-state index contributed by atoms with van der Waals surface area (Å²) in [6.45, 7) is 2.08. The summed E-state index contributed by atoms with van der Waals surface area (Å²) in [4.78, 5) is 28.7. The van der Waals surface area contributed by atoms with E-state index < -0.39 is 5.91 Å². The summed E-state index contributed by atoms with van der Waals surface area (Å²) in [6, 6.07) is 14.4. The fourth-order valence-electron chi connectivity index (χ4n) is 3.34. The number of hydrogen-bond donors (Lipinski definition) is 2. The number of nitrogens with zero attached hydrogens (tertiary/aromatic N) is 2. The molecule has 156 valence electrons. The second kappa shape index (κ2) is 8.35. The van der Waals surface area contributed by atoms with Gasteiger partial charge in [0.2, 0.25) is 5.91 Å². The number of benzene rings is 2. The van der Waals surface area contributed by atoms with Crippen molar-refractivity contribution in [2.45, 2.75) is 13.3 Å². The average Bonchev–Trinajstić information content (AvgIpc) is 3.14. The molecule has 2 amide bonds. The van der Waals surface area contributed by atoms with Crippen LogP contribution in [0.4, 0.5) is 4.39 Å². The lowest BCUT2D eigenvalue weighted by molar-refractivity contribution is 0.0954. The average molecular weight is 418 g/mol. The predicted octanol–water partition coefficient (Wildman–Crippen LogP) is 3.41. The summed E-state index contributed by atoms with van der Waals surface area (Å²) in [7, 11) is 0. The Morgan fingerprint density at radius 3 is 2.65 bits per heavy atom. The van der Waals surface area contributed by atoms with Crippen LogP contribution in [0.15, 0.2) is 59.1 Å². The largest absolute Gasteiger partial charge is 0.366 e. The zero-order chi connectivity index (χ0) is 22.0. The van der Waals surface area contributed by atoms with Crippen LogP contribution in [0.5, 0.6) is 0 Å². The second-order valence-corrected chi connectivity index (χ2v) is 7.08. The van der Waals surface area contributed by atoms with Crippen LogP contribution in [-0.4, -0.2) is 28.5 Å². The molecule has 0 bridgehead atoms. The van der Waals surface area contributed by atoms with Crippen molar-refractivity contribution >= 4 is 22.9 Å². The van der Waals surface area contributed by atoms with Crippen molar-refractivity contribution in [3.8, 4) is 11.3 Å². The van der Waals surface area contributed by atoms with Crippen molar-refractivity contribution in [2.24, 2.45) is 5.73 Å². The maximum absolute atomic E-state index is 13.3. The Bertz CT molecular complexity index is 1280. The number of primary amides is 1. The van der Waals surface area contributed by atoms with E-state index in [1.54, 1.807) is 43.3 Å². The molecule has 0 aliphatic heterocycles. The van der Waals surface area contributed by atoms with Gasteiger partial charge < -0.3 is 15.6 Å². The monoisotopic (exact) mass is 418 g/mol. The fourth-order valence-corrected chi connectivity index (χ4v) is 3.34. The number of aromatic nitrogens is 2.